The van der Waals surface area contributed by atoms with E-state index in [-0.39, 0.29) is 5.91 Å². The monoisotopic (exact) mass is 377 g/mol. The highest BCUT2D eigenvalue weighted by Crippen LogP contribution is 2.25. The topological polar surface area (TPSA) is 64.3 Å². The van der Waals surface area contributed by atoms with Crippen molar-refractivity contribution < 1.29 is 4.79 Å². The number of nitrogens with zero attached hydrogens (tertiary/aromatic N) is 3. The third kappa shape index (κ3) is 3.81. The summed E-state index contributed by atoms with van der Waals surface area (Å²) in [5.41, 5.74) is 2.71. The van der Waals surface area contributed by atoms with E-state index in [1.54, 1.807) is 0 Å². The molecule has 0 radical (unpaired) electrons. The maximum Gasteiger partial charge on any atom is 0.270 e. The van der Waals surface area contributed by atoms with E-state index >= 15 is 0 Å². The van der Waals surface area contributed by atoms with E-state index in [0.717, 1.165) is 48.5 Å². The summed E-state index contributed by atoms with van der Waals surface area (Å²) in [6, 6.07) is 14.3. The number of hydrogen-bond acceptors (Lipinski definition) is 4. The predicted octanol–water partition coefficient (Wildman–Crippen LogP) is 3.74. The second-order valence-electron chi connectivity index (χ2n) is 7.58. The van der Waals surface area contributed by atoms with E-state index in [0.29, 0.717) is 18.3 Å². The van der Waals surface area contributed by atoms with Crippen molar-refractivity contribution in [1.29, 1.82) is 0 Å². The molecule has 6 heteroatoms. The Morgan fingerprint density at radius 1 is 1.11 bits per heavy atom. The summed E-state index contributed by atoms with van der Waals surface area (Å²) < 4.78 is 0. The lowest BCUT2D eigenvalue weighted by molar-refractivity contribution is 0.0762. The molecule has 1 saturated heterocycles. The highest BCUT2D eigenvalue weighted by atomic mass is 16.2. The summed E-state index contributed by atoms with van der Waals surface area (Å²) in [5.74, 6) is 1.04. The van der Waals surface area contributed by atoms with Gasteiger partial charge in [0, 0.05) is 49.3 Å². The molecule has 1 aromatic carbocycles. The number of aromatic amines is 1. The molecule has 0 unspecified atom stereocenters. The number of rotatable bonds is 4. The van der Waals surface area contributed by atoms with Crippen LogP contribution in [-0.4, -0.2) is 53.0 Å². The Labute approximate surface area is 165 Å². The third-order valence-corrected chi connectivity index (χ3v) is 5.07. The van der Waals surface area contributed by atoms with Gasteiger partial charge in [-0.3, -0.25) is 4.79 Å². The number of nitrogens with one attached hydrogen (secondary N) is 2. The highest BCUT2D eigenvalue weighted by Gasteiger charge is 2.23. The van der Waals surface area contributed by atoms with Crippen LogP contribution in [0.4, 0.5) is 11.5 Å². The number of aromatic nitrogens is 2. The molecule has 1 fully saturated rings. The average molecular weight is 377 g/mol. The second-order valence-corrected chi connectivity index (χ2v) is 7.58. The van der Waals surface area contributed by atoms with Gasteiger partial charge >= 0.3 is 0 Å². The molecule has 28 heavy (non-hydrogen) atoms. The fraction of sp³-hybridized carbons (Fsp3) is 0.364. The van der Waals surface area contributed by atoms with Crippen LogP contribution < -0.4 is 10.2 Å². The number of para-hydroxylation sites is 1. The minimum Gasteiger partial charge on any atom is -0.380 e. The van der Waals surface area contributed by atoms with Crippen LogP contribution in [0.25, 0.3) is 10.9 Å². The molecule has 146 valence electrons. The Morgan fingerprint density at radius 3 is 2.79 bits per heavy atom. The number of hydrogen-bond donors (Lipinski definition) is 2. The number of H-pyrrole nitrogens is 1. The van der Waals surface area contributed by atoms with Crippen molar-refractivity contribution in [1.82, 2.24) is 14.9 Å². The van der Waals surface area contributed by atoms with Gasteiger partial charge in [-0.1, -0.05) is 18.2 Å². The van der Waals surface area contributed by atoms with Crippen molar-refractivity contribution in [3.63, 3.8) is 0 Å². The number of fused-ring (bicyclic) bond motifs is 1. The van der Waals surface area contributed by atoms with Gasteiger partial charge in [0.15, 0.2) is 5.82 Å². The maximum absolute atomic E-state index is 13.0. The van der Waals surface area contributed by atoms with Crippen LogP contribution in [-0.2, 0) is 0 Å². The first-order valence-corrected chi connectivity index (χ1v) is 9.95. The van der Waals surface area contributed by atoms with Crippen molar-refractivity contribution in [2.24, 2.45) is 0 Å². The van der Waals surface area contributed by atoms with E-state index in [9.17, 15) is 4.79 Å². The molecule has 0 saturated carbocycles. The summed E-state index contributed by atoms with van der Waals surface area (Å²) in [6.45, 7) is 7.35. The average Bonchev–Trinajstić information content (AvgIpc) is 2.98. The van der Waals surface area contributed by atoms with Crippen molar-refractivity contribution in [2.45, 2.75) is 26.3 Å². The van der Waals surface area contributed by atoms with Gasteiger partial charge in [0.1, 0.15) is 5.69 Å². The predicted molar refractivity (Wildman–Crippen MR) is 114 cm³/mol. The molecule has 1 aliphatic heterocycles. The Morgan fingerprint density at radius 2 is 1.96 bits per heavy atom. The normalized spacial score (nSPS) is 15.1. The number of amides is 1. The largest absolute Gasteiger partial charge is 0.380 e. The molecule has 0 atom stereocenters. The number of carbonyl (C=O) groups excluding carboxylic acids is 1. The number of benzene rings is 1. The van der Waals surface area contributed by atoms with Gasteiger partial charge in [-0.2, -0.15) is 0 Å². The van der Waals surface area contributed by atoms with E-state index in [1.165, 1.54) is 0 Å². The van der Waals surface area contributed by atoms with E-state index in [2.05, 4.69) is 40.1 Å². The molecule has 3 aromatic rings. The van der Waals surface area contributed by atoms with Crippen LogP contribution >= 0.6 is 0 Å². The SMILES string of the molecule is CC(C)Nc1cccnc1N1CCCN(C(=O)c2cc3ccccc3[nH]2)CC1. The molecule has 0 bridgehead atoms. The zero-order chi connectivity index (χ0) is 19.5. The molecule has 4 rings (SSSR count). The van der Waals surface area contributed by atoms with Crippen molar-refractivity contribution in [2.75, 3.05) is 36.4 Å². The summed E-state index contributed by atoms with van der Waals surface area (Å²) in [6.07, 6.45) is 2.75. The lowest BCUT2D eigenvalue weighted by Crippen LogP contribution is -2.35. The van der Waals surface area contributed by atoms with Gasteiger partial charge in [-0.15, -0.1) is 0 Å². The first-order valence-electron chi connectivity index (χ1n) is 9.95. The maximum atomic E-state index is 13.0. The van der Waals surface area contributed by atoms with Gasteiger partial charge in [0.05, 0.1) is 5.69 Å². The molecule has 1 amide bonds. The van der Waals surface area contributed by atoms with Crippen LogP contribution in [0.3, 0.4) is 0 Å². The second kappa shape index (κ2) is 7.92. The van der Waals surface area contributed by atoms with E-state index < -0.39 is 0 Å². The zero-order valence-corrected chi connectivity index (χ0v) is 16.5. The van der Waals surface area contributed by atoms with Crippen LogP contribution in [0.2, 0.25) is 0 Å². The molecule has 1 aliphatic rings. The third-order valence-electron chi connectivity index (χ3n) is 5.07. The van der Waals surface area contributed by atoms with Gasteiger partial charge in [0.25, 0.3) is 5.91 Å². The quantitative estimate of drug-likeness (QED) is 0.727. The van der Waals surface area contributed by atoms with Crippen LogP contribution in [0, 0.1) is 0 Å². The van der Waals surface area contributed by atoms with E-state index in [4.69, 9.17) is 0 Å². The van der Waals surface area contributed by atoms with Crippen LogP contribution in [0.15, 0.2) is 48.7 Å². The molecular weight excluding hydrogens is 350 g/mol. The molecule has 3 heterocycles. The minimum absolute atomic E-state index is 0.0691. The first kappa shape index (κ1) is 18.3. The number of pyridine rings is 1. The van der Waals surface area contributed by atoms with Crippen LogP contribution in [0.1, 0.15) is 30.8 Å². The van der Waals surface area contributed by atoms with E-state index in [1.807, 2.05) is 47.5 Å². The summed E-state index contributed by atoms with van der Waals surface area (Å²) in [7, 11) is 0. The van der Waals surface area contributed by atoms with Crippen LogP contribution in [0.5, 0.6) is 0 Å². The van der Waals surface area contributed by atoms with Crippen molar-refractivity contribution in [3.8, 4) is 0 Å². The van der Waals surface area contributed by atoms with Gasteiger partial charge in [-0.25, -0.2) is 4.98 Å². The smallest absolute Gasteiger partial charge is 0.270 e. The Hall–Kier alpha value is -3.02. The summed E-state index contributed by atoms with van der Waals surface area (Å²) in [5, 5.41) is 4.55. The van der Waals surface area contributed by atoms with Gasteiger partial charge < -0.3 is 20.1 Å². The number of anilines is 2. The lowest BCUT2D eigenvalue weighted by Gasteiger charge is -2.25. The molecular formula is C22H27N5O. The van der Waals surface area contributed by atoms with Crippen molar-refractivity contribution >= 4 is 28.3 Å². The zero-order valence-electron chi connectivity index (χ0n) is 16.5. The Balaban J connectivity index is 1.49. The molecule has 2 N–H and O–H groups in total. The summed E-state index contributed by atoms with van der Waals surface area (Å²) >= 11 is 0. The molecule has 0 aliphatic carbocycles. The van der Waals surface area contributed by atoms with Gasteiger partial charge in [0.2, 0.25) is 0 Å². The summed E-state index contributed by atoms with van der Waals surface area (Å²) in [4.78, 5) is 25.1. The fourth-order valence-corrected chi connectivity index (χ4v) is 3.76. The molecule has 2 aromatic heterocycles. The Bertz CT molecular complexity index is 931. The molecule has 0 spiro atoms. The lowest BCUT2D eigenvalue weighted by atomic mass is 10.2. The van der Waals surface area contributed by atoms with Gasteiger partial charge in [-0.05, 0) is 44.5 Å². The van der Waals surface area contributed by atoms with Crippen molar-refractivity contribution in [3.05, 3.63) is 54.4 Å². The standard InChI is InChI=1S/C22H27N5O/c1-16(2)24-19-9-5-10-23-21(19)26-11-6-12-27(14-13-26)22(28)20-15-17-7-3-4-8-18(17)25-20/h3-5,7-10,15-16,24-25H,6,11-14H2,1-2H3. The highest BCUT2D eigenvalue weighted by molar-refractivity contribution is 5.98. The Kier molecular flexibility index (Phi) is 5.19. The number of carbonyl (C=O) groups is 1. The fourth-order valence-electron chi connectivity index (χ4n) is 3.76. The minimum atomic E-state index is 0.0691. The molecule has 6 nitrogen and oxygen atoms in total. The first-order chi connectivity index (χ1) is 13.6.